The second-order valence-corrected chi connectivity index (χ2v) is 12.2. The van der Waals surface area contributed by atoms with Gasteiger partial charge >= 0.3 is 4.87 Å². The molecule has 33 heavy (non-hydrogen) atoms. The van der Waals surface area contributed by atoms with Gasteiger partial charge in [0.25, 0.3) is 0 Å². The summed E-state index contributed by atoms with van der Waals surface area (Å²) in [6.07, 6.45) is 3.94. The maximum absolute atomic E-state index is 12.3. The van der Waals surface area contributed by atoms with E-state index < -0.39 is 0 Å². The van der Waals surface area contributed by atoms with Crippen LogP contribution in [0.2, 0.25) is 10.0 Å². The lowest BCUT2D eigenvalue weighted by atomic mass is 9.75. The van der Waals surface area contributed by atoms with Crippen molar-refractivity contribution in [3.8, 4) is 11.5 Å². The lowest BCUT2D eigenvalue weighted by Crippen LogP contribution is -2.33. The number of nitrogens with one attached hydrogen (secondary N) is 1. The number of hydrogen-bond acceptors (Lipinski definition) is 5. The van der Waals surface area contributed by atoms with Gasteiger partial charge in [-0.05, 0) is 66.8 Å². The van der Waals surface area contributed by atoms with Crippen molar-refractivity contribution in [2.75, 3.05) is 7.11 Å². The first-order chi connectivity index (χ1) is 16.0. The van der Waals surface area contributed by atoms with E-state index in [2.05, 4.69) is 17.1 Å². The molecule has 2 aliphatic carbocycles. The molecule has 4 nitrogen and oxygen atoms in total. The number of benzene rings is 2. The summed E-state index contributed by atoms with van der Waals surface area (Å²) in [6, 6.07) is 11.6. The Balaban J connectivity index is 1.33. The third-order valence-electron chi connectivity index (χ3n) is 7.41. The number of ether oxygens (including phenoxy) is 2. The van der Waals surface area contributed by atoms with E-state index in [1.54, 1.807) is 19.2 Å². The van der Waals surface area contributed by atoms with E-state index in [1.807, 2.05) is 23.9 Å². The molecule has 3 aliphatic rings. The quantitative estimate of drug-likeness (QED) is 0.394. The first kappa shape index (κ1) is 21.9. The van der Waals surface area contributed by atoms with Crippen molar-refractivity contribution in [2.24, 2.45) is 17.8 Å². The van der Waals surface area contributed by atoms with Gasteiger partial charge in [-0.1, -0.05) is 46.7 Å². The molecule has 1 aromatic heterocycles. The molecule has 0 amide bonds. The fourth-order valence-corrected chi connectivity index (χ4v) is 9.37. The minimum absolute atomic E-state index is 0.0385. The molecular weight excluding hydrogens is 497 g/mol. The predicted molar refractivity (Wildman–Crippen MR) is 135 cm³/mol. The Labute approximate surface area is 210 Å². The minimum Gasteiger partial charge on any atom is -0.493 e. The zero-order valence-electron chi connectivity index (χ0n) is 18.0. The molecule has 0 unspecified atom stereocenters. The van der Waals surface area contributed by atoms with E-state index in [-0.39, 0.29) is 10.8 Å². The van der Waals surface area contributed by atoms with Gasteiger partial charge in [0.2, 0.25) is 0 Å². The molecule has 1 N–H and O–H groups in total. The predicted octanol–water partition coefficient (Wildman–Crippen LogP) is 6.98. The number of halogens is 2. The molecule has 2 aromatic carbocycles. The summed E-state index contributed by atoms with van der Waals surface area (Å²) in [4.78, 5) is 16.6. The molecule has 172 valence electrons. The molecule has 2 bridgehead atoms. The largest absolute Gasteiger partial charge is 0.493 e. The molecule has 0 radical (unpaired) electrons. The lowest BCUT2D eigenvalue weighted by Gasteiger charge is -2.40. The van der Waals surface area contributed by atoms with Crippen LogP contribution in [-0.2, 0) is 6.61 Å². The van der Waals surface area contributed by atoms with Gasteiger partial charge in [-0.15, -0.1) is 11.8 Å². The molecule has 3 aromatic rings. The molecule has 0 saturated heterocycles. The van der Waals surface area contributed by atoms with Gasteiger partial charge in [-0.25, -0.2) is 0 Å². The van der Waals surface area contributed by atoms with Crippen LogP contribution in [0.1, 0.15) is 41.2 Å². The average Bonchev–Trinajstić information content (AvgIpc) is 3.51. The van der Waals surface area contributed by atoms with Gasteiger partial charge in [0.05, 0.1) is 12.1 Å². The van der Waals surface area contributed by atoms with Gasteiger partial charge in [0.1, 0.15) is 6.61 Å². The Hall–Kier alpha value is -1.60. The fourth-order valence-electron chi connectivity index (χ4n) is 6.01. The number of H-pyrrole nitrogens is 1. The normalized spacial score (nSPS) is 27.3. The lowest BCUT2D eigenvalue weighted by molar-refractivity contribution is 0.282. The van der Waals surface area contributed by atoms with Gasteiger partial charge < -0.3 is 14.5 Å². The van der Waals surface area contributed by atoms with Crippen LogP contribution in [0.5, 0.6) is 11.5 Å². The Morgan fingerprint density at radius 3 is 2.76 bits per heavy atom. The highest BCUT2D eigenvalue weighted by molar-refractivity contribution is 8.00. The van der Waals surface area contributed by atoms with E-state index in [0.29, 0.717) is 39.3 Å². The molecule has 2 heterocycles. The minimum atomic E-state index is 0.0385. The number of thiazole rings is 1. The maximum Gasteiger partial charge on any atom is 0.305 e. The van der Waals surface area contributed by atoms with Crippen molar-refractivity contribution in [3.05, 3.63) is 72.1 Å². The highest BCUT2D eigenvalue weighted by atomic mass is 35.5. The summed E-state index contributed by atoms with van der Waals surface area (Å²) >= 11 is 15.6. The summed E-state index contributed by atoms with van der Waals surface area (Å²) in [5.74, 6) is 3.65. The smallest absolute Gasteiger partial charge is 0.305 e. The maximum atomic E-state index is 12.3. The highest BCUT2D eigenvalue weighted by Crippen LogP contribution is 2.63. The summed E-state index contributed by atoms with van der Waals surface area (Å²) in [5.41, 5.74) is 2.06. The number of methoxy groups -OCH3 is 1. The topological polar surface area (TPSA) is 51.3 Å². The van der Waals surface area contributed by atoms with E-state index in [9.17, 15) is 4.79 Å². The second kappa shape index (κ2) is 8.56. The summed E-state index contributed by atoms with van der Waals surface area (Å²) in [5, 5.41) is 2.83. The molecule has 0 spiro atoms. The first-order valence-corrected chi connectivity index (χ1v) is 13.6. The Morgan fingerprint density at radius 1 is 1.09 bits per heavy atom. The number of rotatable bonds is 5. The van der Waals surface area contributed by atoms with Gasteiger partial charge in [-0.2, -0.15) is 0 Å². The molecule has 2 fully saturated rings. The van der Waals surface area contributed by atoms with E-state index >= 15 is 0 Å². The van der Waals surface area contributed by atoms with Crippen LogP contribution >= 0.6 is 46.3 Å². The first-order valence-electron chi connectivity index (χ1n) is 11.2. The van der Waals surface area contributed by atoms with E-state index in [0.717, 1.165) is 22.4 Å². The standard InChI is InChI=1S/C25H23Cl2NO3S2/c1-30-19-9-13(5-7-18(19)31-11-15-4-6-16(26)10-17(15)27)21-20-12-2-3-14(8-12)22(20)32-24-23(21)33-25(29)28-24/h4-7,9-10,12,14,20-22H,2-3,8,11H2,1H3,(H,28,29)/t12-,14-,20+,21-,22+/m0/s1. The molecule has 1 aliphatic heterocycles. The summed E-state index contributed by atoms with van der Waals surface area (Å²) in [6.45, 7) is 0.323. The summed E-state index contributed by atoms with van der Waals surface area (Å²) < 4.78 is 11.8. The third-order valence-corrected chi connectivity index (χ3v) is 10.6. The fraction of sp³-hybridized carbons (Fsp3) is 0.400. The van der Waals surface area contributed by atoms with E-state index in [4.69, 9.17) is 32.7 Å². The van der Waals surface area contributed by atoms with Crippen molar-refractivity contribution >= 4 is 46.3 Å². The van der Waals surface area contributed by atoms with Crippen LogP contribution in [0.4, 0.5) is 0 Å². The monoisotopic (exact) mass is 519 g/mol. The Bertz CT molecular complexity index is 1270. The Kier molecular flexibility index (Phi) is 5.68. The third kappa shape index (κ3) is 3.79. The number of aromatic amines is 1. The Morgan fingerprint density at radius 2 is 1.94 bits per heavy atom. The van der Waals surface area contributed by atoms with Crippen molar-refractivity contribution in [1.29, 1.82) is 0 Å². The summed E-state index contributed by atoms with van der Waals surface area (Å²) in [7, 11) is 1.67. The van der Waals surface area contributed by atoms with Gasteiger partial charge in [-0.3, -0.25) is 4.79 Å². The van der Waals surface area contributed by atoms with Crippen LogP contribution in [-0.4, -0.2) is 17.3 Å². The van der Waals surface area contributed by atoms with Gasteiger partial charge in [0, 0.05) is 31.7 Å². The van der Waals surface area contributed by atoms with Crippen molar-refractivity contribution in [3.63, 3.8) is 0 Å². The van der Waals surface area contributed by atoms with Crippen LogP contribution in [0.3, 0.4) is 0 Å². The van der Waals surface area contributed by atoms with Crippen LogP contribution < -0.4 is 14.3 Å². The van der Waals surface area contributed by atoms with Crippen molar-refractivity contribution in [1.82, 2.24) is 4.98 Å². The van der Waals surface area contributed by atoms with Crippen LogP contribution in [0.25, 0.3) is 0 Å². The van der Waals surface area contributed by atoms with Crippen molar-refractivity contribution < 1.29 is 9.47 Å². The zero-order chi connectivity index (χ0) is 22.7. The van der Waals surface area contributed by atoms with Crippen molar-refractivity contribution in [2.45, 2.75) is 42.1 Å². The number of fused-ring (bicyclic) bond motifs is 6. The number of hydrogen-bond donors (Lipinski definition) is 1. The average molecular weight is 521 g/mol. The van der Waals surface area contributed by atoms with Gasteiger partial charge in [0.15, 0.2) is 11.5 Å². The molecule has 8 heteroatoms. The van der Waals surface area contributed by atoms with E-state index in [1.165, 1.54) is 41.0 Å². The molecular formula is C25H23Cl2NO3S2. The number of thioether (sulfide) groups is 1. The zero-order valence-corrected chi connectivity index (χ0v) is 21.1. The van der Waals surface area contributed by atoms with Crippen LogP contribution in [0.15, 0.2) is 46.2 Å². The number of aromatic nitrogens is 1. The molecule has 6 rings (SSSR count). The highest BCUT2D eigenvalue weighted by Gasteiger charge is 2.54. The molecule has 5 atom stereocenters. The molecule has 2 saturated carbocycles. The second-order valence-electron chi connectivity index (χ2n) is 9.11. The van der Waals surface area contributed by atoms with Crippen LogP contribution in [0, 0.1) is 17.8 Å². The SMILES string of the molecule is COc1cc([C@@H]2c3sc(=O)[nH]c3S[C@@H]3[C@H]4CC[C@@H](C4)[C@H]23)ccc1OCc1ccc(Cl)cc1Cl.